The van der Waals surface area contributed by atoms with Crippen LogP contribution in [0.2, 0.25) is 0 Å². The van der Waals surface area contributed by atoms with Crippen LogP contribution in [0.15, 0.2) is 18.2 Å². The molecule has 0 heterocycles. The maximum Gasteiger partial charge on any atom is 0.446 e. The molecule has 94 valence electrons. The number of carbonyl (C=O) groups is 1. The Morgan fingerprint density at radius 2 is 1.88 bits per heavy atom. The van der Waals surface area contributed by atoms with Crippen LogP contribution in [-0.2, 0) is 15.1 Å². The highest BCUT2D eigenvalue weighted by molar-refractivity contribution is 7.81. The molecule has 1 N–H and O–H groups in total. The highest BCUT2D eigenvalue weighted by atomic mass is 32.3. The predicted molar refractivity (Wildman–Crippen MR) is 56.5 cm³/mol. The fourth-order valence-electron chi connectivity index (χ4n) is 1.09. The van der Waals surface area contributed by atoms with E-state index in [1.807, 2.05) is 0 Å². The van der Waals surface area contributed by atoms with Gasteiger partial charge < -0.3 is 13.7 Å². The summed E-state index contributed by atoms with van der Waals surface area (Å²) in [6.07, 6.45) is 0. The molecule has 1 aromatic carbocycles. The molecule has 0 saturated carbocycles. The third-order valence-electron chi connectivity index (χ3n) is 1.78. The Labute approximate surface area is 97.9 Å². The first-order chi connectivity index (χ1) is 7.87. The number of carbonyl (C=O) groups excluding carboxylic acids is 1. The lowest BCUT2D eigenvalue weighted by molar-refractivity contribution is 0.0600. The maximum atomic E-state index is 11.2. The van der Waals surface area contributed by atoms with Crippen LogP contribution < -0.4 is 8.92 Å². The minimum atomic E-state index is -4.64. The molecule has 0 aliphatic heterocycles. The second kappa shape index (κ2) is 5.02. The molecule has 0 atom stereocenters. The van der Waals surface area contributed by atoms with Crippen LogP contribution in [0.5, 0.6) is 11.5 Å². The summed E-state index contributed by atoms with van der Waals surface area (Å²) in [4.78, 5) is 11.2. The molecule has 0 aliphatic carbocycles. The van der Waals surface area contributed by atoms with Crippen molar-refractivity contribution < 1.29 is 31.4 Å². The van der Waals surface area contributed by atoms with Gasteiger partial charge in [0.2, 0.25) is 0 Å². The molecule has 0 saturated heterocycles. The molecule has 1 aromatic rings. The number of benzene rings is 1. The van der Waals surface area contributed by atoms with E-state index in [9.17, 15) is 13.2 Å². The lowest BCUT2D eigenvalue weighted by atomic mass is 10.2. The molecule has 0 unspecified atom stereocenters. The van der Waals surface area contributed by atoms with Gasteiger partial charge in [-0.1, -0.05) is 0 Å². The fourth-order valence-corrected chi connectivity index (χ4v) is 1.46. The summed E-state index contributed by atoms with van der Waals surface area (Å²) in [5.41, 5.74) is 0.159. The van der Waals surface area contributed by atoms with Crippen molar-refractivity contribution in [2.45, 2.75) is 0 Å². The Hall–Kier alpha value is -1.80. The van der Waals surface area contributed by atoms with Gasteiger partial charge in [0, 0.05) is 0 Å². The minimum Gasteiger partial charge on any atom is -0.493 e. The van der Waals surface area contributed by atoms with Crippen molar-refractivity contribution in [1.82, 2.24) is 0 Å². The van der Waals surface area contributed by atoms with Gasteiger partial charge in [-0.25, -0.2) is 4.79 Å². The Bertz CT molecular complexity index is 520. The third-order valence-corrected chi connectivity index (χ3v) is 2.17. The summed E-state index contributed by atoms with van der Waals surface area (Å²) in [5, 5.41) is 0. The molecule has 0 aromatic heterocycles. The quantitative estimate of drug-likeness (QED) is 0.628. The van der Waals surface area contributed by atoms with Gasteiger partial charge in [-0.3, -0.25) is 4.55 Å². The van der Waals surface area contributed by atoms with Crippen molar-refractivity contribution in [2.75, 3.05) is 14.2 Å². The van der Waals surface area contributed by atoms with Crippen LogP contribution in [0, 0.1) is 0 Å². The molecular formula is C9H10O7S. The van der Waals surface area contributed by atoms with Crippen LogP contribution in [-0.4, -0.2) is 33.2 Å². The highest BCUT2D eigenvalue weighted by Crippen LogP contribution is 2.29. The summed E-state index contributed by atoms with van der Waals surface area (Å²) in [7, 11) is -2.18. The van der Waals surface area contributed by atoms with Gasteiger partial charge in [0.1, 0.15) is 0 Å². The Kier molecular flexibility index (Phi) is 3.92. The van der Waals surface area contributed by atoms with E-state index in [-0.39, 0.29) is 17.1 Å². The summed E-state index contributed by atoms with van der Waals surface area (Å²) in [6, 6.07) is 3.67. The van der Waals surface area contributed by atoms with Gasteiger partial charge in [0.05, 0.1) is 19.8 Å². The van der Waals surface area contributed by atoms with E-state index in [0.29, 0.717) is 0 Å². The van der Waals surface area contributed by atoms with E-state index in [4.69, 9.17) is 9.29 Å². The lowest BCUT2D eigenvalue weighted by Crippen LogP contribution is -2.08. The van der Waals surface area contributed by atoms with E-state index >= 15 is 0 Å². The van der Waals surface area contributed by atoms with E-state index in [2.05, 4.69) is 8.92 Å². The van der Waals surface area contributed by atoms with Crippen molar-refractivity contribution >= 4 is 16.4 Å². The first-order valence-corrected chi connectivity index (χ1v) is 5.67. The SMILES string of the molecule is COC(=O)c1ccc(OS(=O)(=O)O)c(OC)c1. The fraction of sp³-hybridized carbons (Fsp3) is 0.222. The van der Waals surface area contributed by atoms with E-state index in [0.717, 1.165) is 0 Å². The maximum absolute atomic E-state index is 11.2. The standard InChI is InChI=1S/C9H10O7S/c1-14-8-5-6(9(10)15-2)3-4-7(8)16-17(11,12)13/h3-5H,1-2H3,(H,11,12,13). The van der Waals surface area contributed by atoms with Crippen molar-refractivity contribution in [2.24, 2.45) is 0 Å². The Balaban J connectivity index is 3.14. The average molecular weight is 262 g/mol. The molecular weight excluding hydrogens is 252 g/mol. The van der Waals surface area contributed by atoms with Crippen molar-refractivity contribution in [1.29, 1.82) is 0 Å². The highest BCUT2D eigenvalue weighted by Gasteiger charge is 2.15. The largest absolute Gasteiger partial charge is 0.493 e. The van der Waals surface area contributed by atoms with Gasteiger partial charge in [-0.2, -0.15) is 8.42 Å². The topological polar surface area (TPSA) is 99.1 Å². The molecule has 8 heteroatoms. The lowest BCUT2D eigenvalue weighted by Gasteiger charge is -2.08. The predicted octanol–water partition coefficient (Wildman–Crippen LogP) is 0.663. The van der Waals surface area contributed by atoms with Crippen molar-refractivity contribution in [3.8, 4) is 11.5 Å². The Morgan fingerprint density at radius 3 is 2.35 bits per heavy atom. The summed E-state index contributed by atoms with van der Waals surface area (Å²) in [5.74, 6) is -0.866. The van der Waals surface area contributed by atoms with E-state index < -0.39 is 16.4 Å². The molecule has 0 radical (unpaired) electrons. The number of ether oxygens (including phenoxy) is 2. The number of rotatable bonds is 4. The van der Waals surface area contributed by atoms with Gasteiger partial charge >= 0.3 is 16.4 Å². The monoisotopic (exact) mass is 262 g/mol. The average Bonchev–Trinajstić information content (AvgIpc) is 2.26. The molecule has 0 amide bonds. The van der Waals surface area contributed by atoms with Crippen LogP contribution in [0.3, 0.4) is 0 Å². The second-order valence-electron chi connectivity index (χ2n) is 2.87. The van der Waals surface area contributed by atoms with E-state index in [1.54, 1.807) is 0 Å². The molecule has 0 aliphatic rings. The molecule has 17 heavy (non-hydrogen) atoms. The normalized spacial score (nSPS) is 10.8. The molecule has 0 fully saturated rings. The zero-order chi connectivity index (χ0) is 13.1. The van der Waals surface area contributed by atoms with Crippen LogP contribution >= 0.6 is 0 Å². The van der Waals surface area contributed by atoms with E-state index in [1.165, 1.54) is 32.4 Å². The number of hydrogen-bond donors (Lipinski definition) is 1. The summed E-state index contributed by atoms with van der Waals surface area (Å²) < 4.78 is 43.1. The molecule has 7 nitrogen and oxygen atoms in total. The number of esters is 1. The third kappa shape index (κ3) is 3.61. The van der Waals surface area contributed by atoms with Crippen LogP contribution in [0.25, 0.3) is 0 Å². The smallest absolute Gasteiger partial charge is 0.446 e. The summed E-state index contributed by atoms with van der Waals surface area (Å²) in [6.45, 7) is 0. The van der Waals surface area contributed by atoms with Crippen LogP contribution in [0.4, 0.5) is 0 Å². The second-order valence-corrected chi connectivity index (χ2v) is 3.89. The number of hydrogen-bond acceptors (Lipinski definition) is 6. The molecule has 0 spiro atoms. The van der Waals surface area contributed by atoms with Crippen molar-refractivity contribution in [3.63, 3.8) is 0 Å². The van der Waals surface area contributed by atoms with Gasteiger partial charge in [-0.05, 0) is 18.2 Å². The van der Waals surface area contributed by atoms with Gasteiger partial charge in [-0.15, -0.1) is 0 Å². The van der Waals surface area contributed by atoms with Crippen molar-refractivity contribution in [3.05, 3.63) is 23.8 Å². The zero-order valence-corrected chi connectivity index (χ0v) is 9.85. The number of methoxy groups -OCH3 is 2. The molecule has 0 bridgehead atoms. The zero-order valence-electron chi connectivity index (χ0n) is 9.04. The van der Waals surface area contributed by atoms with Gasteiger partial charge in [0.15, 0.2) is 11.5 Å². The summed E-state index contributed by atoms with van der Waals surface area (Å²) >= 11 is 0. The Morgan fingerprint density at radius 1 is 1.24 bits per heavy atom. The molecule has 1 rings (SSSR count). The first-order valence-electron chi connectivity index (χ1n) is 4.30. The van der Waals surface area contributed by atoms with Gasteiger partial charge in [0.25, 0.3) is 0 Å². The minimum absolute atomic E-state index is 0.0227. The first kappa shape index (κ1) is 13.3. The van der Waals surface area contributed by atoms with Crippen LogP contribution in [0.1, 0.15) is 10.4 Å².